The molecule has 0 N–H and O–H groups in total. The molecule has 2 fully saturated rings. The molecule has 0 unspecified atom stereocenters. The molecule has 0 amide bonds. The molecule has 3 nitrogen and oxygen atoms in total. The Morgan fingerprint density at radius 1 is 0.778 bits per heavy atom. The predicted molar refractivity (Wildman–Crippen MR) is 145 cm³/mol. The number of furan rings is 1. The van der Waals surface area contributed by atoms with Crippen LogP contribution in [0.15, 0.2) is 88.6 Å². The molecule has 0 atom stereocenters. The van der Waals surface area contributed by atoms with E-state index in [4.69, 9.17) is 37.6 Å². The Hall–Kier alpha value is -3.01. The summed E-state index contributed by atoms with van der Waals surface area (Å²) in [6.07, 6.45) is 7.21. The lowest BCUT2D eigenvalue weighted by molar-refractivity contribution is 0.130. The van der Waals surface area contributed by atoms with Crippen LogP contribution in [0.2, 0.25) is 10.0 Å². The summed E-state index contributed by atoms with van der Waals surface area (Å²) in [6.45, 7) is 0.334. The minimum absolute atomic E-state index is 0.334. The van der Waals surface area contributed by atoms with Gasteiger partial charge in [-0.3, -0.25) is 0 Å². The van der Waals surface area contributed by atoms with Gasteiger partial charge in [0.2, 0.25) is 0 Å². The number of benzene rings is 3. The molecule has 0 spiro atoms. The molecule has 182 valence electrons. The monoisotopic (exact) mass is 515 g/mol. The number of hydrogen-bond acceptors (Lipinski definition) is 3. The molecule has 0 aliphatic heterocycles. The standard InChI is InChI=1S/C31H27Cl2NO2/c32-24-10-12-27(29(16-24)22-6-7-22)31(28-13-11-25(33)17-30(28)23-8-9-23)34-36-19-21-15-26(35-18-21)14-20-4-2-1-3-5-20/h1-5,10-13,15-18,22-23H,6-9,14,19H2. The lowest BCUT2D eigenvalue weighted by atomic mass is 9.91. The van der Waals surface area contributed by atoms with Gasteiger partial charge in [-0.1, -0.05) is 70.8 Å². The van der Waals surface area contributed by atoms with E-state index in [1.54, 1.807) is 6.26 Å². The summed E-state index contributed by atoms with van der Waals surface area (Å²) in [5.74, 6) is 1.96. The van der Waals surface area contributed by atoms with Gasteiger partial charge in [0.1, 0.15) is 18.1 Å². The second kappa shape index (κ2) is 10.2. The van der Waals surface area contributed by atoms with Gasteiger partial charge in [-0.15, -0.1) is 0 Å². The van der Waals surface area contributed by atoms with Crippen LogP contribution in [0, 0.1) is 0 Å². The normalized spacial score (nSPS) is 15.1. The fraction of sp³-hybridized carbons (Fsp3) is 0.258. The Morgan fingerprint density at radius 2 is 1.39 bits per heavy atom. The second-order valence-electron chi connectivity index (χ2n) is 9.81. The first-order valence-electron chi connectivity index (χ1n) is 12.5. The third kappa shape index (κ3) is 5.38. The van der Waals surface area contributed by atoms with Crippen LogP contribution in [0.25, 0.3) is 0 Å². The van der Waals surface area contributed by atoms with E-state index in [0.29, 0.717) is 18.4 Å². The highest BCUT2D eigenvalue weighted by Gasteiger charge is 2.32. The van der Waals surface area contributed by atoms with E-state index in [2.05, 4.69) is 36.4 Å². The average molecular weight is 516 g/mol. The highest BCUT2D eigenvalue weighted by molar-refractivity contribution is 6.31. The Morgan fingerprint density at radius 3 is 1.97 bits per heavy atom. The van der Waals surface area contributed by atoms with Crippen molar-refractivity contribution in [3.05, 3.63) is 128 Å². The van der Waals surface area contributed by atoms with Gasteiger partial charge in [-0.2, -0.15) is 0 Å². The molecule has 5 heteroatoms. The van der Waals surface area contributed by atoms with E-state index in [1.165, 1.54) is 42.4 Å². The minimum Gasteiger partial charge on any atom is -0.469 e. The number of hydrogen-bond donors (Lipinski definition) is 0. The maximum absolute atomic E-state index is 6.40. The van der Waals surface area contributed by atoms with Gasteiger partial charge in [0.25, 0.3) is 0 Å². The van der Waals surface area contributed by atoms with Crippen LogP contribution < -0.4 is 0 Å². The largest absolute Gasteiger partial charge is 0.469 e. The van der Waals surface area contributed by atoms with Gasteiger partial charge >= 0.3 is 0 Å². The Kier molecular flexibility index (Phi) is 6.60. The van der Waals surface area contributed by atoms with Crippen molar-refractivity contribution >= 4 is 28.9 Å². The molecule has 2 aliphatic rings. The lowest BCUT2D eigenvalue weighted by Gasteiger charge is -2.16. The first kappa shape index (κ1) is 23.4. The molecule has 3 aromatic carbocycles. The molecule has 36 heavy (non-hydrogen) atoms. The van der Waals surface area contributed by atoms with Crippen molar-refractivity contribution in [2.75, 3.05) is 0 Å². The van der Waals surface area contributed by atoms with Gasteiger partial charge in [0.05, 0.1) is 6.26 Å². The second-order valence-corrected chi connectivity index (χ2v) is 10.7. The van der Waals surface area contributed by atoms with E-state index < -0.39 is 0 Å². The molecule has 1 aromatic heterocycles. The molecule has 2 aliphatic carbocycles. The van der Waals surface area contributed by atoms with Crippen LogP contribution in [-0.2, 0) is 17.9 Å². The molecule has 0 bridgehead atoms. The van der Waals surface area contributed by atoms with Gasteiger partial charge in [0, 0.05) is 33.2 Å². The fourth-order valence-corrected chi connectivity index (χ4v) is 5.13. The summed E-state index contributed by atoms with van der Waals surface area (Å²) in [5, 5.41) is 6.25. The summed E-state index contributed by atoms with van der Waals surface area (Å²) >= 11 is 12.8. The third-order valence-corrected chi connectivity index (χ3v) is 7.36. The lowest BCUT2D eigenvalue weighted by Crippen LogP contribution is -2.10. The Labute approximate surface area is 221 Å². The van der Waals surface area contributed by atoms with Crippen molar-refractivity contribution in [1.82, 2.24) is 0 Å². The SMILES string of the molecule is Clc1ccc(C(=NOCc2coc(Cc3ccccc3)c2)c2ccc(Cl)cc2C2CC2)c(C2CC2)c1. The fourth-order valence-electron chi connectivity index (χ4n) is 4.77. The maximum atomic E-state index is 6.40. The van der Waals surface area contributed by atoms with Crippen LogP contribution >= 0.6 is 23.2 Å². The zero-order valence-electron chi connectivity index (χ0n) is 19.9. The van der Waals surface area contributed by atoms with Gasteiger partial charge in [-0.25, -0.2) is 0 Å². The van der Waals surface area contributed by atoms with E-state index in [9.17, 15) is 0 Å². The van der Waals surface area contributed by atoms with Crippen molar-refractivity contribution < 1.29 is 9.25 Å². The third-order valence-electron chi connectivity index (χ3n) is 6.89. The minimum atomic E-state index is 0.334. The van der Waals surface area contributed by atoms with Crippen LogP contribution in [-0.4, -0.2) is 5.71 Å². The molecule has 4 aromatic rings. The summed E-state index contributed by atoms with van der Waals surface area (Å²) in [5.41, 5.74) is 7.68. The maximum Gasteiger partial charge on any atom is 0.145 e. The van der Waals surface area contributed by atoms with Crippen molar-refractivity contribution in [2.45, 2.75) is 50.5 Å². The molecule has 0 saturated heterocycles. The van der Waals surface area contributed by atoms with Gasteiger partial charge < -0.3 is 9.25 Å². The van der Waals surface area contributed by atoms with Crippen molar-refractivity contribution in [2.24, 2.45) is 5.16 Å². The van der Waals surface area contributed by atoms with Crippen molar-refractivity contribution in [3.8, 4) is 0 Å². The number of halogens is 2. The molecular formula is C31H27Cl2NO2. The predicted octanol–water partition coefficient (Wildman–Crippen LogP) is 8.90. The van der Waals surface area contributed by atoms with Crippen LogP contribution in [0.3, 0.4) is 0 Å². The van der Waals surface area contributed by atoms with E-state index in [-0.39, 0.29) is 0 Å². The van der Waals surface area contributed by atoms with E-state index >= 15 is 0 Å². The average Bonchev–Trinajstić information content (AvgIpc) is 3.81. The smallest absolute Gasteiger partial charge is 0.145 e. The zero-order chi connectivity index (χ0) is 24.5. The Balaban J connectivity index is 1.30. The van der Waals surface area contributed by atoms with Crippen molar-refractivity contribution in [3.63, 3.8) is 0 Å². The molecule has 0 radical (unpaired) electrons. The number of oxime groups is 1. The highest BCUT2D eigenvalue weighted by Crippen LogP contribution is 2.46. The summed E-state index contributed by atoms with van der Waals surface area (Å²) in [6, 6.07) is 24.6. The molecule has 6 rings (SSSR count). The van der Waals surface area contributed by atoms with Gasteiger partial charge in [0.15, 0.2) is 0 Å². The summed E-state index contributed by atoms with van der Waals surface area (Å²) in [4.78, 5) is 5.99. The van der Waals surface area contributed by atoms with Crippen LogP contribution in [0.1, 0.15) is 76.7 Å². The first-order valence-corrected chi connectivity index (χ1v) is 13.3. The van der Waals surface area contributed by atoms with Crippen LogP contribution in [0.4, 0.5) is 0 Å². The number of nitrogens with zero attached hydrogens (tertiary/aromatic N) is 1. The molecule has 1 heterocycles. The first-order chi connectivity index (χ1) is 17.6. The summed E-state index contributed by atoms with van der Waals surface area (Å²) in [7, 11) is 0. The highest BCUT2D eigenvalue weighted by atomic mass is 35.5. The summed E-state index contributed by atoms with van der Waals surface area (Å²) < 4.78 is 5.78. The molecular weight excluding hydrogens is 489 g/mol. The van der Waals surface area contributed by atoms with Gasteiger partial charge in [-0.05, 0) is 84.5 Å². The quantitative estimate of drug-likeness (QED) is 0.164. The van der Waals surface area contributed by atoms with E-state index in [0.717, 1.165) is 44.6 Å². The number of rotatable bonds is 9. The van der Waals surface area contributed by atoms with E-state index in [1.807, 2.05) is 36.4 Å². The Bertz CT molecular complexity index is 1340. The zero-order valence-corrected chi connectivity index (χ0v) is 21.4. The topological polar surface area (TPSA) is 34.7 Å². The van der Waals surface area contributed by atoms with Crippen LogP contribution in [0.5, 0.6) is 0 Å². The van der Waals surface area contributed by atoms with Crippen molar-refractivity contribution in [1.29, 1.82) is 0 Å². The molecule has 2 saturated carbocycles.